The van der Waals surface area contributed by atoms with Crippen LogP contribution in [0.1, 0.15) is 10.4 Å². The maximum atomic E-state index is 12.1. The number of aromatic nitrogens is 3. The van der Waals surface area contributed by atoms with Crippen LogP contribution in [-0.4, -0.2) is 25.4 Å². The lowest BCUT2D eigenvalue weighted by Gasteiger charge is -2.07. The SMILES string of the molecule is Nn1c(=O)[nH]c2cc([N+](=O)[O-])c(-n3ccc(C=O)c3)cc2c1=O. The van der Waals surface area contributed by atoms with Gasteiger partial charge in [-0.25, -0.2) is 4.79 Å². The largest absolute Gasteiger partial charge is 0.347 e. The van der Waals surface area contributed by atoms with Crippen LogP contribution in [0.25, 0.3) is 16.6 Å². The number of nitrogen functional groups attached to an aromatic ring is 1. The molecule has 0 unspecified atom stereocenters. The highest BCUT2D eigenvalue weighted by atomic mass is 16.6. The first-order valence-electron chi connectivity index (χ1n) is 6.28. The van der Waals surface area contributed by atoms with Crippen LogP contribution in [0.4, 0.5) is 5.69 Å². The summed E-state index contributed by atoms with van der Waals surface area (Å²) >= 11 is 0. The second-order valence-corrected chi connectivity index (χ2v) is 4.72. The standard InChI is InChI=1S/C13H9N5O5/c14-17-12(20)8-3-10(16-2-1-7(5-16)6-19)11(18(22)23)4-9(8)15-13(17)21/h1-6H,14H2,(H,15,21). The van der Waals surface area contributed by atoms with Gasteiger partial charge in [-0.05, 0) is 12.1 Å². The van der Waals surface area contributed by atoms with Gasteiger partial charge in [-0.15, -0.1) is 0 Å². The lowest BCUT2D eigenvalue weighted by Crippen LogP contribution is -2.40. The van der Waals surface area contributed by atoms with Crippen LogP contribution in [-0.2, 0) is 0 Å². The molecule has 0 aliphatic carbocycles. The zero-order valence-corrected chi connectivity index (χ0v) is 11.4. The Balaban J connectivity index is 2.42. The molecule has 3 N–H and O–H groups in total. The quantitative estimate of drug-likeness (QED) is 0.299. The van der Waals surface area contributed by atoms with E-state index in [4.69, 9.17) is 5.84 Å². The molecular weight excluding hydrogens is 306 g/mol. The Morgan fingerprint density at radius 2 is 2.04 bits per heavy atom. The second kappa shape index (κ2) is 4.94. The molecule has 0 aliphatic rings. The van der Waals surface area contributed by atoms with Crippen molar-refractivity contribution in [1.82, 2.24) is 14.2 Å². The molecule has 2 aromatic heterocycles. The fourth-order valence-corrected chi connectivity index (χ4v) is 2.24. The van der Waals surface area contributed by atoms with Crippen molar-refractivity contribution < 1.29 is 9.72 Å². The monoisotopic (exact) mass is 315 g/mol. The van der Waals surface area contributed by atoms with Crippen LogP contribution in [0, 0.1) is 10.1 Å². The molecular formula is C13H9N5O5. The first-order valence-corrected chi connectivity index (χ1v) is 6.28. The van der Waals surface area contributed by atoms with E-state index in [1.807, 2.05) is 0 Å². The number of nitrogens with one attached hydrogen (secondary N) is 1. The van der Waals surface area contributed by atoms with Gasteiger partial charge in [-0.1, -0.05) is 0 Å². The topological polar surface area (TPSA) is 146 Å². The number of rotatable bonds is 3. The summed E-state index contributed by atoms with van der Waals surface area (Å²) in [5, 5.41) is 11.3. The number of aldehydes is 1. The molecule has 116 valence electrons. The van der Waals surface area contributed by atoms with Crippen LogP contribution < -0.4 is 17.1 Å². The maximum Gasteiger partial charge on any atom is 0.347 e. The summed E-state index contributed by atoms with van der Waals surface area (Å²) < 4.78 is 1.72. The fraction of sp³-hybridized carbons (Fsp3) is 0. The number of H-pyrrole nitrogens is 1. The summed E-state index contributed by atoms with van der Waals surface area (Å²) in [4.78, 5) is 47.2. The molecule has 3 aromatic rings. The van der Waals surface area contributed by atoms with Gasteiger partial charge in [-0.3, -0.25) is 19.7 Å². The number of carbonyl (C=O) groups excluding carboxylic acids is 1. The molecule has 0 bridgehead atoms. The van der Waals surface area contributed by atoms with Crippen LogP contribution in [0.15, 0.2) is 40.2 Å². The third-order valence-electron chi connectivity index (χ3n) is 3.35. The van der Waals surface area contributed by atoms with Gasteiger partial charge in [0.2, 0.25) is 0 Å². The van der Waals surface area contributed by atoms with E-state index in [0.29, 0.717) is 16.5 Å². The number of nitrogens with zero attached hydrogens (tertiary/aromatic N) is 3. The summed E-state index contributed by atoms with van der Waals surface area (Å²) in [5.74, 6) is 5.33. The number of hydrogen-bond donors (Lipinski definition) is 2. The molecule has 0 radical (unpaired) electrons. The van der Waals surface area contributed by atoms with E-state index in [1.165, 1.54) is 29.1 Å². The van der Waals surface area contributed by atoms with Gasteiger partial charge in [0.1, 0.15) is 5.69 Å². The van der Waals surface area contributed by atoms with E-state index in [1.54, 1.807) is 0 Å². The number of nitro groups is 1. The van der Waals surface area contributed by atoms with E-state index in [0.717, 1.165) is 6.07 Å². The summed E-state index contributed by atoms with van der Waals surface area (Å²) in [7, 11) is 0. The van der Waals surface area contributed by atoms with Gasteiger partial charge in [0.25, 0.3) is 11.2 Å². The second-order valence-electron chi connectivity index (χ2n) is 4.72. The number of benzene rings is 1. The van der Waals surface area contributed by atoms with Crippen LogP contribution >= 0.6 is 0 Å². The number of carbonyl (C=O) groups is 1. The number of fused-ring (bicyclic) bond motifs is 1. The molecule has 3 rings (SSSR count). The Kier molecular flexibility index (Phi) is 3.06. The van der Waals surface area contributed by atoms with Gasteiger partial charge < -0.3 is 15.4 Å². The van der Waals surface area contributed by atoms with E-state index < -0.39 is 16.2 Å². The summed E-state index contributed by atoms with van der Waals surface area (Å²) in [6.07, 6.45) is 3.42. The van der Waals surface area contributed by atoms with Gasteiger partial charge in [-0.2, -0.15) is 4.68 Å². The zero-order chi connectivity index (χ0) is 16.7. The fourth-order valence-electron chi connectivity index (χ4n) is 2.24. The zero-order valence-electron chi connectivity index (χ0n) is 11.4. The summed E-state index contributed by atoms with van der Waals surface area (Å²) in [5.41, 5.74) is -1.62. The van der Waals surface area contributed by atoms with Crippen molar-refractivity contribution in [1.29, 1.82) is 0 Å². The highest BCUT2D eigenvalue weighted by Crippen LogP contribution is 2.26. The summed E-state index contributed by atoms with van der Waals surface area (Å²) in [6.45, 7) is 0. The predicted molar refractivity (Wildman–Crippen MR) is 80.3 cm³/mol. The number of nitro benzene ring substituents is 1. The van der Waals surface area contributed by atoms with Crippen molar-refractivity contribution in [2.24, 2.45) is 0 Å². The van der Waals surface area contributed by atoms with Gasteiger partial charge in [0.15, 0.2) is 6.29 Å². The third kappa shape index (κ3) is 2.18. The molecule has 10 nitrogen and oxygen atoms in total. The highest BCUT2D eigenvalue weighted by molar-refractivity contribution is 5.84. The minimum absolute atomic E-state index is 0.0000769. The molecule has 0 fully saturated rings. The highest BCUT2D eigenvalue weighted by Gasteiger charge is 2.19. The molecule has 1 aromatic carbocycles. The summed E-state index contributed by atoms with van der Waals surface area (Å²) in [6, 6.07) is 3.78. The maximum absolute atomic E-state index is 12.1. The Morgan fingerprint density at radius 3 is 2.65 bits per heavy atom. The number of hydrogen-bond acceptors (Lipinski definition) is 6. The molecule has 2 heterocycles. The van der Waals surface area contributed by atoms with Gasteiger partial charge >= 0.3 is 5.69 Å². The molecule has 0 spiro atoms. The van der Waals surface area contributed by atoms with Gasteiger partial charge in [0.05, 0.1) is 15.8 Å². The average Bonchev–Trinajstić information content (AvgIpc) is 3.00. The Bertz CT molecular complexity index is 1070. The molecule has 0 saturated heterocycles. The van der Waals surface area contributed by atoms with E-state index in [-0.39, 0.29) is 22.3 Å². The lowest BCUT2D eigenvalue weighted by molar-refractivity contribution is -0.384. The first kappa shape index (κ1) is 14.3. The number of nitrogens with two attached hydrogens (primary N) is 1. The van der Waals surface area contributed by atoms with Crippen LogP contribution in [0.2, 0.25) is 0 Å². The van der Waals surface area contributed by atoms with E-state index >= 15 is 0 Å². The first-order chi connectivity index (χ1) is 10.9. The molecule has 10 heteroatoms. The van der Waals surface area contributed by atoms with Crippen molar-refractivity contribution in [2.45, 2.75) is 0 Å². The van der Waals surface area contributed by atoms with Crippen molar-refractivity contribution in [3.8, 4) is 5.69 Å². The van der Waals surface area contributed by atoms with E-state index in [9.17, 15) is 24.5 Å². The van der Waals surface area contributed by atoms with Gasteiger partial charge in [0, 0.05) is 24.0 Å². The Labute approximate surface area is 126 Å². The normalized spacial score (nSPS) is 10.8. The van der Waals surface area contributed by atoms with Crippen LogP contribution in [0.5, 0.6) is 0 Å². The minimum Gasteiger partial charge on any atom is -0.332 e. The Morgan fingerprint density at radius 1 is 1.30 bits per heavy atom. The minimum atomic E-state index is -0.881. The lowest BCUT2D eigenvalue weighted by atomic mass is 10.2. The molecule has 23 heavy (non-hydrogen) atoms. The smallest absolute Gasteiger partial charge is 0.332 e. The Hall–Kier alpha value is -3.69. The predicted octanol–water partition coefficient (Wildman–Crippen LogP) is -0.0850. The number of aromatic amines is 1. The van der Waals surface area contributed by atoms with Crippen molar-refractivity contribution in [3.63, 3.8) is 0 Å². The van der Waals surface area contributed by atoms with Crippen molar-refractivity contribution in [3.05, 3.63) is 67.1 Å². The van der Waals surface area contributed by atoms with Crippen LogP contribution in [0.3, 0.4) is 0 Å². The van der Waals surface area contributed by atoms with Crippen molar-refractivity contribution in [2.75, 3.05) is 5.84 Å². The molecule has 0 atom stereocenters. The molecule has 0 aliphatic heterocycles. The van der Waals surface area contributed by atoms with Crippen molar-refractivity contribution >= 4 is 22.9 Å². The molecule has 0 saturated carbocycles. The third-order valence-corrected chi connectivity index (χ3v) is 3.35. The molecule has 0 amide bonds. The van der Waals surface area contributed by atoms with E-state index in [2.05, 4.69) is 4.98 Å². The average molecular weight is 315 g/mol.